The number of nitrogens with zero attached hydrogens (tertiary/aromatic N) is 2. The molecule has 0 radical (unpaired) electrons. The molecule has 3 nitrogen and oxygen atoms in total. The first-order chi connectivity index (χ1) is 7.76. The zero-order valence-electron chi connectivity index (χ0n) is 8.47. The molecule has 80 valence electrons. The van der Waals surface area contributed by atoms with Gasteiger partial charge in [-0.15, -0.1) is 11.8 Å². The van der Waals surface area contributed by atoms with Crippen LogP contribution in [0.2, 0.25) is 0 Å². The lowest BCUT2D eigenvalue weighted by atomic mass is 10.1. The van der Waals surface area contributed by atoms with Crippen LogP contribution in [0.25, 0.3) is 10.4 Å². The van der Waals surface area contributed by atoms with E-state index in [1.54, 1.807) is 24.3 Å². The van der Waals surface area contributed by atoms with E-state index in [1.807, 2.05) is 6.26 Å². The van der Waals surface area contributed by atoms with Crippen LogP contribution in [0, 0.1) is 11.3 Å². The molecule has 0 fully saturated rings. The van der Waals surface area contributed by atoms with Crippen molar-refractivity contribution in [1.29, 1.82) is 5.26 Å². The summed E-state index contributed by atoms with van der Waals surface area (Å²) in [6, 6.07) is 8.96. The molecule has 1 heterocycles. The van der Waals surface area contributed by atoms with E-state index in [-0.39, 0.29) is 5.75 Å². The van der Waals surface area contributed by atoms with Gasteiger partial charge in [0, 0.05) is 0 Å². The van der Waals surface area contributed by atoms with Crippen LogP contribution < -0.4 is 0 Å². The molecule has 0 spiro atoms. The van der Waals surface area contributed by atoms with Gasteiger partial charge < -0.3 is 5.11 Å². The largest absolute Gasteiger partial charge is 0.508 e. The molecule has 1 aromatic carbocycles. The number of rotatable bonds is 2. The van der Waals surface area contributed by atoms with Gasteiger partial charge in [-0.25, -0.2) is 0 Å². The molecule has 0 aliphatic rings. The SMILES string of the molecule is CSc1nsc(-c2ccc(O)cc2)c1C#N. The average Bonchev–Trinajstić information content (AvgIpc) is 2.72. The van der Waals surface area contributed by atoms with Gasteiger partial charge in [-0.2, -0.15) is 9.64 Å². The van der Waals surface area contributed by atoms with Crippen molar-refractivity contribution in [2.24, 2.45) is 0 Å². The number of phenolic OH excluding ortho intramolecular Hbond substituents is 1. The average molecular weight is 248 g/mol. The first-order valence-electron chi connectivity index (χ1n) is 4.49. The van der Waals surface area contributed by atoms with Gasteiger partial charge in [0.05, 0.1) is 4.88 Å². The van der Waals surface area contributed by atoms with Crippen LogP contribution >= 0.6 is 23.3 Å². The van der Waals surface area contributed by atoms with Crippen molar-refractivity contribution in [2.75, 3.05) is 6.26 Å². The number of nitriles is 1. The van der Waals surface area contributed by atoms with Crippen molar-refractivity contribution < 1.29 is 5.11 Å². The zero-order valence-corrected chi connectivity index (χ0v) is 10.1. The second kappa shape index (κ2) is 4.56. The first kappa shape index (κ1) is 11.0. The number of aromatic nitrogens is 1. The van der Waals surface area contributed by atoms with Gasteiger partial charge in [0.1, 0.15) is 22.4 Å². The molecule has 0 saturated heterocycles. The van der Waals surface area contributed by atoms with Crippen molar-refractivity contribution >= 4 is 23.3 Å². The molecule has 0 unspecified atom stereocenters. The van der Waals surface area contributed by atoms with Gasteiger partial charge in [-0.05, 0) is 47.6 Å². The summed E-state index contributed by atoms with van der Waals surface area (Å²) in [6.07, 6.45) is 1.90. The van der Waals surface area contributed by atoms with E-state index in [0.717, 1.165) is 15.5 Å². The monoisotopic (exact) mass is 248 g/mol. The third-order valence-corrected chi connectivity index (χ3v) is 3.79. The predicted octanol–water partition coefficient (Wildman–Crippen LogP) is 3.11. The number of hydrogen-bond donors (Lipinski definition) is 1. The van der Waals surface area contributed by atoms with E-state index >= 15 is 0 Å². The van der Waals surface area contributed by atoms with Crippen molar-refractivity contribution in [3.05, 3.63) is 29.8 Å². The van der Waals surface area contributed by atoms with Crippen LogP contribution in [0.1, 0.15) is 5.56 Å². The third-order valence-electron chi connectivity index (χ3n) is 2.10. The van der Waals surface area contributed by atoms with Crippen LogP contribution in [-0.4, -0.2) is 15.7 Å². The van der Waals surface area contributed by atoms with Gasteiger partial charge in [0.15, 0.2) is 0 Å². The number of benzene rings is 1. The van der Waals surface area contributed by atoms with Crippen LogP contribution in [-0.2, 0) is 0 Å². The van der Waals surface area contributed by atoms with E-state index in [1.165, 1.54) is 23.3 Å². The van der Waals surface area contributed by atoms with Crippen LogP contribution in [0.5, 0.6) is 5.75 Å². The Morgan fingerprint density at radius 3 is 2.62 bits per heavy atom. The predicted molar refractivity (Wildman–Crippen MR) is 65.7 cm³/mol. The first-order valence-corrected chi connectivity index (χ1v) is 6.49. The second-order valence-corrected chi connectivity index (χ2v) is 4.62. The number of thioether (sulfide) groups is 1. The van der Waals surface area contributed by atoms with Gasteiger partial charge in [0.25, 0.3) is 0 Å². The minimum absolute atomic E-state index is 0.219. The number of phenols is 1. The fraction of sp³-hybridized carbons (Fsp3) is 0.0909. The van der Waals surface area contributed by atoms with Crippen molar-refractivity contribution in [1.82, 2.24) is 4.37 Å². The Morgan fingerprint density at radius 2 is 2.06 bits per heavy atom. The molecule has 2 rings (SSSR count). The molecule has 5 heteroatoms. The molecule has 0 saturated carbocycles. The maximum atomic E-state index is 9.20. The summed E-state index contributed by atoms with van der Waals surface area (Å²) in [5, 5.41) is 19.0. The minimum atomic E-state index is 0.219. The summed E-state index contributed by atoms with van der Waals surface area (Å²) in [5.41, 5.74) is 1.52. The summed E-state index contributed by atoms with van der Waals surface area (Å²) in [6.45, 7) is 0. The van der Waals surface area contributed by atoms with E-state index < -0.39 is 0 Å². The molecular weight excluding hydrogens is 240 g/mol. The highest BCUT2D eigenvalue weighted by Gasteiger charge is 2.14. The summed E-state index contributed by atoms with van der Waals surface area (Å²) < 4.78 is 4.22. The molecule has 2 aromatic rings. The second-order valence-electron chi connectivity index (χ2n) is 3.05. The molecule has 16 heavy (non-hydrogen) atoms. The molecule has 1 N–H and O–H groups in total. The summed E-state index contributed by atoms with van der Waals surface area (Å²) in [4.78, 5) is 0.854. The van der Waals surface area contributed by atoms with E-state index in [9.17, 15) is 5.11 Å². The van der Waals surface area contributed by atoms with E-state index in [4.69, 9.17) is 5.26 Å². The van der Waals surface area contributed by atoms with Crippen LogP contribution in [0.3, 0.4) is 0 Å². The summed E-state index contributed by atoms with van der Waals surface area (Å²) in [5.74, 6) is 0.219. The highest BCUT2D eigenvalue weighted by atomic mass is 32.2. The lowest BCUT2D eigenvalue weighted by Crippen LogP contribution is -1.79. The quantitative estimate of drug-likeness (QED) is 0.830. The smallest absolute Gasteiger partial charge is 0.128 e. The molecule has 0 bridgehead atoms. The van der Waals surface area contributed by atoms with Crippen LogP contribution in [0.4, 0.5) is 0 Å². The number of hydrogen-bond acceptors (Lipinski definition) is 5. The van der Waals surface area contributed by atoms with Gasteiger partial charge in [-0.1, -0.05) is 0 Å². The summed E-state index contributed by atoms with van der Waals surface area (Å²) >= 11 is 2.78. The molecule has 0 atom stereocenters. The van der Waals surface area contributed by atoms with Gasteiger partial charge >= 0.3 is 0 Å². The molecule has 0 aliphatic heterocycles. The highest BCUT2D eigenvalue weighted by Crippen LogP contribution is 2.34. The molecule has 0 amide bonds. The molecule has 1 aromatic heterocycles. The Bertz CT molecular complexity index is 540. The summed E-state index contributed by atoms with van der Waals surface area (Å²) in [7, 11) is 0. The number of aromatic hydroxyl groups is 1. The van der Waals surface area contributed by atoms with Crippen LogP contribution in [0.15, 0.2) is 29.3 Å². The lowest BCUT2D eigenvalue weighted by molar-refractivity contribution is 0.475. The Kier molecular flexibility index (Phi) is 3.13. The normalized spacial score (nSPS) is 10.0. The zero-order chi connectivity index (χ0) is 11.5. The van der Waals surface area contributed by atoms with Crippen molar-refractivity contribution in [2.45, 2.75) is 5.03 Å². The third kappa shape index (κ3) is 1.90. The van der Waals surface area contributed by atoms with E-state index in [2.05, 4.69) is 10.4 Å². The topological polar surface area (TPSA) is 56.9 Å². The minimum Gasteiger partial charge on any atom is -0.508 e. The standard InChI is InChI=1S/C11H8N2OS2/c1-15-11-9(6-12)10(16-13-11)7-2-4-8(14)5-3-7/h2-5,14H,1H3. The maximum Gasteiger partial charge on any atom is 0.128 e. The van der Waals surface area contributed by atoms with Crippen molar-refractivity contribution in [3.8, 4) is 22.3 Å². The Labute approximate surface area is 102 Å². The van der Waals surface area contributed by atoms with Gasteiger partial charge in [0.2, 0.25) is 0 Å². The van der Waals surface area contributed by atoms with Gasteiger partial charge in [-0.3, -0.25) is 0 Å². The molecular formula is C11H8N2OS2. The Morgan fingerprint density at radius 1 is 1.38 bits per heavy atom. The highest BCUT2D eigenvalue weighted by molar-refractivity contribution is 7.98. The Hall–Kier alpha value is -1.51. The van der Waals surface area contributed by atoms with Crippen molar-refractivity contribution in [3.63, 3.8) is 0 Å². The fourth-order valence-electron chi connectivity index (χ4n) is 1.32. The fourth-order valence-corrected chi connectivity index (χ4v) is 2.89. The van der Waals surface area contributed by atoms with E-state index in [0.29, 0.717) is 5.56 Å². The Balaban J connectivity index is 2.52. The lowest BCUT2D eigenvalue weighted by Gasteiger charge is -1.98. The maximum absolute atomic E-state index is 9.20. The molecule has 0 aliphatic carbocycles.